The van der Waals surface area contributed by atoms with Crippen LogP contribution in [0.4, 0.5) is 4.39 Å². The molecule has 1 atom stereocenters. The fraction of sp³-hybridized carbons (Fsp3) is 0.235. The van der Waals surface area contributed by atoms with Gasteiger partial charge in [-0.3, -0.25) is 0 Å². The summed E-state index contributed by atoms with van der Waals surface area (Å²) in [6.07, 6.45) is 1.19. The van der Waals surface area contributed by atoms with Crippen molar-refractivity contribution < 1.29 is 9.13 Å². The highest BCUT2D eigenvalue weighted by Crippen LogP contribution is 2.37. The first kappa shape index (κ1) is 14.1. The molecule has 1 unspecified atom stereocenters. The molecule has 2 aromatic rings. The van der Waals surface area contributed by atoms with E-state index in [-0.39, 0.29) is 5.82 Å². The van der Waals surface area contributed by atoms with Gasteiger partial charge >= 0.3 is 0 Å². The van der Waals surface area contributed by atoms with Crippen LogP contribution >= 0.6 is 15.9 Å². The van der Waals surface area contributed by atoms with Gasteiger partial charge in [0, 0.05) is 0 Å². The van der Waals surface area contributed by atoms with Crippen molar-refractivity contribution in [3.8, 4) is 11.8 Å². The van der Waals surface area contributed by atoms with Gasteiger partial charge in [-0.05, 0) is 58.1 Å². The van der Waals surface area contributed by atoms with Crippen LogP contribution in [0.15, 0.2) is 46.9 Å². The summed E-state index contributed by atoms with van der Waals surface area (Å²) in [5.74, 6) is 0.554. The van der Waals surface area contributed by atoms with Gasteiger partial charge in [0.15, 0.2) is 0 Å². The number of ether oxygens (including phenoxy) is 1. The second kappa shape index (κ2) is 5.50. The van der Waals surface area contributed by atoms with E-state index < -0.39 is 5.41 Å². The van der Waals surface area contributed by atoms with E-state index in [1.807, 2.05) is 24.3 Å². The normalized spacial score (nSPS) is 20.2. The van der Waals surface area contributed by atoms with Gasteiger partial charge in [0.1, 0.15) is 18.2 Å². The highest BCUT2D eigenvalue weighted by Gasteiger charge is 2.36. The van der Waals surface area contributed by atoms with Crippen LogP contribution in [0, 0.1) is 22.6 Å². The summed E-state index contributed by atoms with van der Waals surface area (Å²) in [5, 5.41) is 9.64. The van der Waals surface area contributed by atoms with E-state index in [0.29, 0.717) is 23.9 Å². The number of nitrogens with zero attached hydrogens (tertiary/aromatic N) is 1. The van der Waals surface area contributed by atoms with Gasteiger partial charge < -0.3 is 4.74 Å². The van der Waals surface area contributed by atoms with E-state index in [2.05, 4.69) is 22.0 Å². The average Bonchev–Trinajstić information content (AvgIpc) is 2.51. The Kier molecular flexibility index (Phi) is 3.69. The van der Waals surface area contributed by atoms with Crippen molar-refractivity contribution in [2.75, 3.05) is 6.61 Å². The molecule has 3 rings (SSSR count). The van der Waals surface area contributed by atoms with E-state index >= 15 is 0 Å². The van der Waals surface area contributed by atoms with Gasteiger partial charge in [0.2, 0.25) is 0 Å². The molecular weight excluding hydrogens is 333 g/mol. The van der Waals surface area contributed by atoms with E-state index in [9.17, 15) is 9.65 Å². The summed E-state index contributed by atoms with van der Waals surface area (Å²) >= 11 is 3.19. The van der Waals surface area contributed by atoms with Crippen LogP contribution in [0.5, 0.6) is 5.75 Å². The summed E-state index contributed by atoms with van der Waals surface area (Å²) in [5.41, 5.74) is 1.37. The quantitative estimate of drug-likeness (QED) is 0.813. The lowest BCUT2D eigenvalue weighted by Gasteiger charge is -2.32. The predicted molar refractivity (Wildman–Crippen MR) is 81.5 cm³/mol. The molecule has 4 heteroatoms. The van der Waals surface area contributed by atoms with Gasteiger partial charge in [-0.15, -0.1) is 0 Å². The maximum atomic E-state index is 13.3. The van der Waals surface area contributed by atoms with Crippen LogP contribution in [-0.2, 0) is 12.8 Å². The lowest BCUT2D eigenvalue weighted by Crippen LogP contribution is -2.35. The molecule has 0 saturated carbocycles. The molecule has 2 nitrogen and oxygen atoms in total. The fourth-order valence-electron chi connectivity index (χ4n) is 2.69. The van der Waals surface area contributed by atoms with Crippen molar-refractivity contribution in [2.45, 2.75) is 12.8 Å². The molecule has 0 spiro atoms. The Labute approximate surface area is 131 Å². The molecule has 0 amide bonds. The van der Waals surface area contributed by atoms with Gasteiger partial charge in [0.05, 0.1) is 16.0 Å². The van der Waals surface area contributed by atoms with Crippen molar-refractivity contribution in [1.82, 2.24) is 0 Å². The number of benzene rings is 2. The molecule has 0 aromatic heterocycles. The van der Waals surface area contributed by atoms with Gasteiger partial charge in [-0.25, -0.2) is 4.39 Å². The second-order valence-corrected chi connectivity index (χ2v) is 6.24. The summed E-state index contributed by atoms with van der Waals surface area (Å²) in [6, 6.07) is 15.1. The zero-order chi connectivity index (χ0) is 14.9. The highest BCUT2D eigenvalue weighted by atomic mass is 79.9. The zero-order valence-corrected chi connectivity index (χ0v) is 12.9. The van der Waals surface area contributed by atoms with Crippen molar-refractivity contribution >= 4 is 15.9 Å². The molecule has 1 aliphatic heterocycles. The van der Waals surface area contributed by atoms with Gasteiger partial charge in [-0.1, -0.05) is 24.3 Å². The van der Waals surface area contributed by atoms with Crippen molar-refractivity contribution in [1.29, 1.82) is 5.26 Å². The van der Waals surface area contributed by atoms with E-state index in [0.717, 1.165) is 16.9 Å². The number of para-hydroxylation sites is 1. The average molecular weight is 346 g/mol. The number of rotatable bonds is 2. The van der Waals surface area contributed by atoms with Crippen molar-refractivity contribution in [3.63, 3.8) is 0 Å². The number of halogens is 2. The minimum atomic E-state index is -0.606. The van der Waals surface area contributed by atoms with Crippen LogP contribution in [0.2, 0.25) is 0 Å². The maximum absolute atomic E-state index is 13.3. The molecule has 21 heavy (non-hydrogen) atoms. The Morgan fingerprint density at radius 1 is 1.29 bits per heavy atom. The largest absolute Gasteiger partial charge is 0.492 e. The Morgan fingerprint density at radius 3 is 2.86 bits per heavy atom. The molecule has 0 radical (unpaired) electrons. The first-order valence-corrected chi connectivity index (χ1v) is 7.47. The topological polar surface area (TPSA) is 33.0 Å². The smallest absolute Gasteiger partial charge is 0.137 e. The number of nitriles is 1. The molecule has 1 aliphatic rings. The third-order valence-electron chi connectivity index (χ3n) is 3.77. The summed E-state index contributed by atoms with van der Waals surface area (Å²) in [6.45, 7) is 0.357. The first-order chi connectivity index (χ1) is 10.1. The molecule has 0 aliphatic carbocycles. The molecule has 1 heterocycles. The molecular formula is C17H13BrFNO. The standard InChI is InChI=1S/C17H13BrFNO/c18-14-7-12(5-6-15(14)19)8-17(10-20)9-13-3-1-2-4-16(13)21-11-17/h1-7H,8-9,11H2. The molecule has 0 N–H and O–H groups in total. The summed E-state index contributed by atoms with van der Waals surface area (Å²) in [4.78, 5) is 0. The summed E-state index contributed by atoms with van der Waals surface area (Å²) in [7, 11) is 0. The third kappa shape index (κ3) is 2.79. The molecule has 106 valence electrons. The van der Waals surface area contributed by atoms with Crippen LogP contribution in [-0.4, -0.2) is 6.61 Å². The molecule has 0 saturated heterocycles. The minimum Gasteiger partial charge on any atom is -0.492 e. The molecule has 0 bridgehead atoms. The van der Waals surface area contributed by atoms with Crippen LogP contribution in [0.1, 0.15) is 11.1 Å². The van der Waals surface area contributed by atoms with Crippen LogP contribution in [0.3, 0.4) is 0 Å². The lowest BCUT2D eigenvalue weighted by molar-refractivity contribution is 0.169. The monoisotopic (exact) mass is 345 g/mol. The number of hydrogen-bond donors (Lipinski definition) is 0. The Morgan fingerprint density at radius 2 is 2.10 bits per heavy atom. The first-order valence-electron chi connectivity index (χ1n) is 6.68. The Hall–Kier alpha value is -1.86. The van der Waals surface area contributed by atoms with E-state index in [4.69, 9.17) is 4.74 Å². The van der Waals surface area contributed by atoms with Crippen molar-refractivity contribution in [3.05, 3.63) is 63.9 Å². The fourth-order valence-corrected chi connectivity index (χ4v) is 3.11. The van der Waals surface area contributed by atoms with E-state index in [1.54, 1.807) is 12.1 Å². The number of hydrogen-bond acceptors (Lipinski definition) is 2. The maximum Gasteiger partial charge on any atom is 0.137 e. The minimum absolute atomic E-state index is 0.296. The van der Waals surface area contributed by atoms with Crippen LogP contribution in [0.25, 0.3) is 0 Å². The van der Waals surface area contributed by atoms with Gasteiger partial charge in [0.25, 0.3) is 0 Å². The third-order valence-corrected chi connectivity index (χ3v) is 4.38. The molecule has 0 fully saturated rings. The van der Waals surface area contributed by atoms with Gasteiger partial charge in [-0.2, -0.15) is 5.26 Å². The van der Waals surface area contributed by atoms with E-state index in [1.165, 1.54) is 6.07 Å². The number of fused-ring (bicyclic) bond motifs is 1. The Balaban J connectivity index is 1.89. The van der Waals surface area contributed by atoms with Crippen LogP contribution < -0.4 is 4.74 Å². The zero-order valence-electron chi connectivity index (χ0n) is 11.3. The predicted octanol–water partition coefficient (Wildman–Crippen LogP) is 4.28. The SMILES string of the molecule is N#CC1(Cc2ccc(F)c(Br)c2)COc2ccccc2C1. The second-order valence-electron chi connectivity index (χ2n) is 5.39. The molecule has 2 aromatic carbocycles. The Bertz CT molecular complexity index is 725. The summed E-state index contributed by atoms with van der Waals surface area (Å²) < 4.78 is 19.5. The van der Waals surface area contributed by atoms with Crippen molar-refractivity contribution in [2.24, 2.45) is 5.41 Å². The lowest BCUT2D eigenvalue weighted by atomic mass is 9.77. The highest BCUT2D eigenvalue weighted by molar-refractivity contribution is 9.10.